The van der Waals surface area contributed by atoms with Crippen LogP contribution < -0.4 is 0 Å². The van der Waals surface area contributed by atoms with Crippen LogP contribution in [0.25, 0.3) is 0 Å². The number of carboxylic acids is 1. The Hall–Kier alpha value is -2.16. The average Bonchev–Trinajstić information content (AvgIpc) is 2.46. The lowest BCUT2D eigenvalue weighted by Gasteiger charge is -2.32. The second-order valence-corrected chi connectivity index (χ2v) is 5.50. The first-order chi connectivity index (χ1) is 9.91. The summed E-state index contributed by atoms with van der Waals surface area (Å²) in [4.78, 5) is 34.3. The van der Waals surface area contributed by atoms with Gasteiger partial charge in [-0.2, -0.15) is 11.8 Å². The lowest BCUT2D eigenvalue weighted by molar-refractivity contribution is -0.385. The fraction of sp³-hybridized carbons (Fsp3) is 0.333. The molecule has 1 saturated heterocycles. The van der Waals surface area contributed by atoms with Gasteiger partial charge in [0, 0.05) is 24.1 Å². The molecular formula is C12H11FN2O5S. The minimum Gasteiger partial charge on any atom is -0.480 e. The molecule has 21 heavy (non-hydrogen) atoms. The number of nitrogens with zero attached hydrogens (tertiary/aromatic N) is 2. The third kappa shape index (κ3) is 3.13. The molecule has 2 rings (SSSR count). The van der Waals surface area contributed by atoms with Gasteiger partial charge in [-0.15, -0.1) is 0 Å². The molecule has 1 heterocycles. The number of rotatable bonds is 3. The number of hydrogen-bond acceptors (Lipinski definition) is 5. The normalized spacial score (nSPS) is 18.3. The van der Waals surface area contributed by atoms with Gasteiger partial charge in [0.2, 0.25) is 0 Å². The van der Waals surface area contributed by atoms with Crippen LogP contribution in [0.5, 0.6) is 0 Å². The number of carbonyl (C=O) groups is 2. The van der Waals surface area contributed by atoms with Gasteiger partial charge in [0.15, 0.2) is 0 Å². The smallest absolute Gasteiger partial charge is 0.327 e. The topological polar surface area (TPSA) is 101 Å². The summed E-state index contributed by atoms with van der Waals surface area (Å²) < 4.78 is 13.8. The molecule has 1 aromatic rings. The number of carboxylic acid groups (broad SMARTS) is 1. The molecule has 1 amide bonds. The van der Waals surface area contributed by atoms with Gasteiger partial charge in [0.25, 0.3) is 11.6 Å². The molecule has 112 valence electrons. The summed E-state index contributed by atoms with van der Waals surface area (Å²) in [6.07, 6.45) is 0. The zero-order chi connectivity index (χ0) is 15.6. The quantitative estimate of drug-likeness (QED) is 0.668. The molecule has 1 aliphatic rings. The number of benzene rings is 1. The minimum absolute atomic E-state index is 0.191. The second kappa shape index (κ2) is 6.08. The van der Waals surface area contributed by atoms with Gasteiger partial charge >= 0.3 is 5.97 Å². The van der Waals surface area contributed by atoms with E-state index in [4.69, 9.17) is 5.11 Å². The molecule has 0 radical (unpaired) electrons. The highest BCUT2D eigenvalue weighted by atomic mass is 32.2. The number of amides is 1. The Balaban J connectivity index is 2.30. The molecule has 1 atom stereocenters. The molecule has 0 spiro atoms. The van der Waals surface area contributed by atoms with E-state index in [1.165, 1.54) is 11.8 Å². The van der Waals surface area contributed by atoms with Crippen molar-refractivity contribution in [3.05, 3.63) is 39.7 Å². The maximum Gasteiger partial charge on any atom is 0.327 e. The maximum atomic E-state index is 13.8. The van der Waals surface area contributed by atoms with E-state index < -0.39 is 34.3 Å². The predicted octanol–water partition coefficient (Wildman–Crippen LogP) is 1.38. The van der Waals surface area contributed by atoms with Crippen LogP contribution in [0.3, 0.4) is 0 Å². The van der Waals surface area contributed by atoms with Gasteiger partial charge in [0.05, 0.1) is 16.6 Å². The Bertz CT molecular complexity index is 609. The van der Waals surface area contributed by atoms with Crippen molar-refractivity contribution in [3.8, 4) is 0 Å². The van der Waals surface area contributed by atoms with Crippen LogP contribution in [0, 0.1) is 15.9 Å². The highest BCUT2D eigenvalue weighted by Gasteiger charge is 2.34. The van der Waals surface area contributed by atoms with Crippen molar-refractivity contribution in [2.45, 2.75) is 6.04 Å². The van der Waals surface area contributed by atoms with Crippen LogP contribution in [0.2, 0.25) is 0 Å². The van der Waals surface area contributed by atoms with Crippen molar-refractivity contribution < 1.29 is 24.0 Å². The third-order valence-electron chi connectivity index (χ3n) is 3.07. The molecule has 1 fully saturated rings. The van der Waals surface area contributed by atoms with Gasteiger partial charge in [-0.25, -0.2) is 9.18 Å². The standard InChI is InChI=1S/C12H11FN2O5S/c13-9-5-7(15(19)20)1-2-8(9)11(16)14-3-4-21-6-10(14)12(17)18/h1-2,5,10H,3-4,6H2,(H,17,18). The minimum atomic E-state index is -1.15. The summed E-state index contributed by atoms with van der Waals surface area (Å²) in [5, 5.41) is 19.6. The molecule has 1 N–H and O–H groups in total. The maximum absolute atomic E-state index is 13.8. The molecular weight excluding hydrogens is 303 g/mol. The van der Waals surface area contributed by atoms with Gasteiger partial charge in [-0.3, -0.25) is 14.9 Å². The summed E-state index contributed by atoms with van der Waals surface area (Å²) in [6, 6.07) is 1.66. The number of hydrogen-bond donors (Lipinski definition) is 1. The van der Waals surface area contributed by atoms with Gasteiger partial charge in [-0.05, 0) is 6.07 Å². The summed E-state index contributed by atoms with van der Waals surface area (Å²) in [6.45, 7) is 0.191. The predicted molar refractivity (Wildman–Crippen MR) is 72.8 cm³/mol. The van der Waals surface area contributed by atoms with Crippen molar-refractivity contribution in [2.24, 2.45) is 0 Å². The van der Waals surface area contributed by atoms with Gasteiger partial charge < -0.3 is 10.0 Å². The average molecular weight is 314 g/mol. The number of non-ortho nitro benzene ring substituents is 1. The first-order valence-corrected chi connectivity index (χ1v) is 7.12. The third-order valence-corrected chi connectivity index (χ3v) is 4.09. The second-order valence-electron chi connectivity index (χ2n) is 4.35. The molecule has 0 aliphatic carbocycles. The highest BCUT2D eigenvalue weighted by Crippen LogP contribution is 2.22. The van der Waals surface area contributed by atoms with E-state index in [1.54, 1.807) is 0 Å². The zero-order valence-electron chi connectivity index (χ0n) is 10.7. The fourth-order valence-electron chi connectivity index (χ4n) is 2.00. The zero-order valence-corrected chi connectivity index (χ0v) is 11.5. The van der Waals surface area contributed by atoms with Crippen LogP contribution in [0.4, 0.5) is 10.1 Å². The number of thioether (sulfide) groups is 1. The molecule has 1 aromatic carbocycles. The summed E-state index contributed by atoms with van der Waals surface area (Å²) in [5.74, 6) is -2.16. The van der Waals surface area contributed by atoms with E-state index in [2.05, 4.69) is 0 Å². The van der Waals surface area contributed by atoms with E-state index in [0.29, 0.717) is 11.8 Å². The Labute approximate surface area is 122 Å². The van der Waals surface area contributed by atoms with Crippen molar-refractivity contribution >= 4 is 29.3 Å². The first kappa shape index (κ1) is 15.2. The molecule has 0 aromatic heterocycles. The Morgan fingerprint density at radius 3 is 2.76 bits per heavy atom. The largest absolute Gasteiger partial charge is 0.480 e. The first-order valence-electron chi connectivity index (χ1n) is 5.97. The number of nitro groups is 1. The van der Waals surface area contributed by atoms with Crippen molar-refractivity contribution in [3.63, 3.8) is 0 Å². The molecule has 1 aliphatic heterocycles. The molecule has 0 saturated carbocycles. The summed E-state index contributed by atoms with van der Waals surface area (Å²) in [7, 11) is 0. The van der Waals surface area contributed by atoms with Crippen LogP contribution in [0.1, 0.15) is 10.4 Å². The number of nitro benzene ring substituents is 1. The van der Waals surface area contributed by atoms with Gasteiger partial charge in [-0.1, -0.05) is 0 Å². The summed E-state index contributed by atoms with van der Waals surface area (Å²) in [5.41, 5.74) is -0.827. The molecule has 1 unspecified atom stereocenters. The highest BCUT2D eigenvalue weighted by molar-refractivity contribution is 7.99. The molecule has 7 nitrogen and oxygen atoms in total. The lowest BCUT2D eigenvalue weighted by atomic mass is 10.1. The number of carbonyl (C=O) groups excluding carboxylic acids is 1. The van der Waals surface area contributed by atoms with Crippen molar-refractivity contribution in [2.75, 3.05) is 18.1 Å². The molecule has 0 bridgehead atoms. The number of aliphatic carboxylic acids is 1. The monoisotopic (exact) mass is 314 g/mol. The van der Waals surface area contributed by atoms with E-state index >= 15 is 0 Å². The van der Waals surface area contributed by atoms with E-state index in [9.17, 15) is 24.1 Å². The van der Waals surface area contributed by atoms with Crippen molar-refractivity contribution in [1.82, 2.24) is 4.90 Å². The lowest BCUT2D eigenvalue weighted by Crippen LogP contribution is -2.50. The number of halogens is 1. The van der Waals surface area contributed by atoms with Crippen LogP contribution in [-0.4, -0.2) is 50.9 Å². The fourth-order valence-corrected chi connectivity index (χ4v) is 3.04. The summed E-state index contributed by atoms with van der Waals surface area (Å²) >= 11 is 1.40. The van der Waals surface area contributed by atoms with Crippen LogP contribution in [0.15, 0.2) is 18.2 Å². The van der Waals surface area contributed by atoms with Crippen LogP contribution in [-0.2, 0) is 4.79 Å². The molecule has 9 heteroatoms. The van der Waals surface area contributed by atoms with E-state index in [-0.39, 0.29) is 17.9 Å². The Morgan fingerprint density at radius 1 is 1.48 bits per heavy atom. The van der Waals surface area contributed by atoms with Gasteiger partial charge in [0.1, 0.15) is 11.9 Å². The SMILES string of the molecule is O=C(O)C1CSCCN1C(=O)c1ccc([N+](=O)[O-])cc1F. The Kier molecular flexibility index (Phi) is 4.41. The Morgan fingerprint density at radius 2 is 2.19 bits per heavy atom. The van der Waals surface area contributed by atoms with Crippen molar-refractivity contribution in [1.29, 1.82) is 0 Å². The van der Waals surface area contributed by atoms with E-state index in [0.717, 1.165) is 17.0 Å². The van der Waals surface area contributed by atoms with E-state index in [1.807, 2.05) is 0 Å². The van der Waals surface area contributed by atoms with Crippen LogP contribution >= 0.6 is 11.8 Å².